The van der Waals surface area contributed by atoms with E-state index in [-0.39, 0.29) is 8.83 Å². The standard InChI is InChI=1S/C12H23ClSi/c13-14-9-12(10-5-1-2-6-10)11-7-3-4-8-11/h10-12H,1-9,14H2. The molecule has 2 rings (SSSR count). The predicted molar refractivity (Wildman–Crippen MR) is 66.6 cm³/mol. The SMILES string of the molecule is Cl[SiH2]CC(C1CCCC1)C1CCCC1. The molecule has 0 bridgehead atoms. The number of hydrogen-bond acceptors (Lipinski definition) is 0. The van der Waals surface area contributed by atoms with Crippen molar-refractivity contribution in [1.82, 2.24) is 0 Å². The van der Waals surface area contributed by atoms with Gasteiger partial charge in [-0.25, -0.2) is 0 Å². The van der Waals surface area contributed by atoms with E-state index in [2.05, 4.69) is 0 Å². The zero-order valence-electron chi connectivity index (χ0n) is 9.18. The lowest BCUT2D eigenvalue weighted by Crippen LogP contribution is -2.20. The third kappa shape index (κ3) is 2.55. The summed E-state index contributed by atoms with van der Waals surface area (Å²) in [5.74, 6) is 3.19. The van der Waals surface area contributed by atoms with Crippen LogP contribution in [0.25, 0.3) is 0 Å². The van der Waals surface area contributed by atoms with Crippen molar-refractivity contribution in [1.29, 1.82) is 0 Å². The zero-order valence-corrected chi connectivity index (χ0v) is 11.4. The van der Waals surface area contributed by atoms with Gasteiger partial charge in [0.1, 0.15) is 8.83 Å². The van der Waals surface area contributed by atoms with Crippen LogP contribution in [-0.4, -0.2) is 8.83 Å². The van der Waals surface area contributed by atoms with Crippen molar-refractivity contribution in [2.45, 2.75) is 57.4 Å². The highest BCUT2D eigenvalue weighted by Gasteiger charge is 2.32. The van der Waals surface area contributed by atoms with Gasteiger partial charge >= 0.3 is 0 Å². The first-order valence-electron chi connectivity index (χ1n) is 6.48. The van der Waals surface area contributed by atoms with Gasteiger partial charge in [-0.3, -0.25) is 0 Å². The fourth-order valence-corrected chi connectivity index (χ4v) is 5.70. The minimum absolute atomic E-state index is 0.229. The molecular formula is C12H23ClSi. The second kappa shape index (κ2) is 5.55. The second-order valence-electron chi connectivity index (χ2n) is 5.23. The van der Waals surface area contributed by atoms with Gasteiger partial charge in [-0.05, 0) is 23.8 Å². The topological polar surface area (TPSA) is 0 Å². The molecule has 2 heteroatoms. The summed E-state index contributed by atoms with van der Waals surface area (Å²) < 4.78 is 0. The Morgan fingerprint density at radius 1 is 0.929 bits per heavy atom. The zero-order chi connectivity index (χ0) is 9.80. The van der Waals surface area contributed by atoms with Crippen molar-refractivity contribution in [3.8, 4) is 0 Å². The molecule has 0 atom stereocenters. The minimum atomic E-state index is -0.229. The molecule has 82 valence electrons. The first-order chi connectivity index (χ1) is 6.92. The van der Waals surface area contributed by atoms with E-state index in [4.69, 9.17) is 11.1 Å². The summed E-state index contributed by atoms with van der Waals surface area (Å²) in [5.41, 5.74) is 0. The number of rotatable bonds is 4. The van der Waals surface area contributed by atoms with E-state index < -0.39 is 0 Å². The van der Waals surface area contributed by atoms with Crippen LogP contribution in [0.5, 0.6) is 0 Å². The lowest BCUT2D eigenvalue weighted by molar-refractivity contribution is 0.253. The van der Waals surface area contributed by atoms with Crippen molar-refractivity contribution in [2.75, 3.05) is 0 Å². The van der Waals surface area contributed by atoms with Gasteiger partial charge in [0.25, 0.3) is 0 Å². The summed E-state index contributed by atoms with van der Waals surface area (Å²) in [7, 11) is -0.229. The molecule has 2 aliphatic carbocycles. The molecular weight excluding hydrogens is 208 g/mol. The molecule has 2 aliphatic rings. The molecule has 0 aliphatic heterocycles. The molecule has 0 aromatic rings. The van der Waals surface area contributed by atoms with Gasteiger partial charge in [0.05, 0.1) is 0 Å². The van der Waals surface area contributed by atoms with Crippen LogP contribution >= 0.6 is 11.1 Å². The summed E-state index contributed by atoms with van der Waals surface area (Å²) in [6, 6.07) is 1.43. The van der Waals surface area contributed by atoms with Crippen molar-refractivity contribution in [3.63, 3.8) is 0 Å². The van der Waals surface area contributed by atoms with Gasteiger partial charge in [-0.2, -0.15) is 11.1 Å². The molecule has 0 spiro atoms. The second-order valence-corrected chi connectivity index (χ2v) is 7.32. The summed E-state index contributed by atoms with van der Waals surface area (Å²) in [5, 5.41) is 0. The average molecular weight is 231 g/mol. The Morgan fingerprint density at radius 2 is 1.36 bits per heavy atom. The summed E-state index contributed by atoms with van der Waals surface area (Å²) in [4.78, 5) is 0. The van der Waals surface area contributed by atoms with Crippen molar-refractivity contribution >= 4 is 19.9 Å². The molecule has 0 aromatic carbocycles. The van der Waals surface area contributed by atoms with Crippen LogP contribution in [0.1, 0.15) is 51.4 Å². The van der Waals surface area contributed by atoms with E-state index >= 15 is 0 Å². The van der Waals surface area contributed by atoms with Gasteiger partial charge in [-0.15, -0.1) is 0 Å². The lowest BCUT2D eigenvalue weighted by atomic mass is 9.81. The molecule has 0 radical (unpaired) electrons. The number of halogens is 1. The Balaban J connectivity index is 1.91. The molecule has 0 nitrogen and oxygen atoms in total. The molecule has 0 saturated heterocycles. The van der Waals surface area contributed by atoms with E-state index in [1.165, 1.54) is 57.4 Å². The molecule has 2 fully saturated rings. The van der Waals surface area contributed by atoms with Gasteiger partial charge in [0.15, 0.2) is 0 Å². The fraction of sp³-hybridized carbons (Fsp3) is 1.00. The Labute approximate surface area is 95.3 Å². The van der Waals surface area contributed by atoms with E-state index in [9.17, 15) is 0 Å². The van der Waals surface area contributed by atoms with Crippen LogP contribution in [0.3, 0.4) is 0 Å². The monoisotopic (exact) mass is 230 g/mol. The summed E-state index contributed by atoms with van der Waals surface area (Å²) >= 11 is 6.09. The van der Waals surface area contributed by atoms with Crippen LogP contribution in [0.4, 0.5) is 0 Å². The van der Waals surface area contributed by atoms with Crippen molar-refractivity contribution < 1.29 is 0 Å². The predicted octanol–water partition coefficient (Wildman–Crippen LogP) is 3.72. The first kappa shape index (κ1) is 11.0. The maximum absolute atomic E-state index is 6.09. The van der Waals surface area contributed by atoms with Gasteiger partial charge in [-0.1, -0.05) is 51.4 Å². The highest BCUT2D eigenvalue weighted by molar-refractivity contribution is 6.93. The molecule has 0 amide bonds. The van der Waals surface area contributed by atoms with Crippen molar-refractivity contribution in [2.24, 2.45) is 17.8 Å². The largest absolute Gasteiger partial charge is 0.176 e. The average Bonchev–Trinajstić information content (AvgIpc) is 2.87. The Kier molecular flexibility index (Phi) is 4.37. The maximum atomic E-state index is 6.09. The molecule has 0 unspecified atom stereocenters. The third-order valence-electron chi connectivity index (χ3n) is 4.45. The summed E-state index contributed by atoms with van der Waals surface area (Å²) in [6.45, 7) is 0. The van der Waals surface area contributed by atoms with E-state index in [0.717, 1.165) is 17.8 Å². The van der Waals surface area contributed by atoms with Gasteiger partial charge < -0.3 is 0 Å². The fourth-order valence-electron chi connectivity index (χ4n) is 3.75. The maximum Gasteiger partial charge on any atom is 0.125 e. The minimum Gasteiger partial charge on any atom is -0.176 e. The Morgan fingerprint density at radius 3 is 1.71 bits per heavy atom. The van der Waals surface area contributed by atoms with E-state index in [0.29, 0.717) is 0 Å². The van der Waals surface area contributed by atoms with Crippen LogP contribution < -0.4 is 0 Å². The van der Waals surface area contributed by atoms with E-state index in [1.807, 2.05) is 0 Å². The normalized spacial score (nSPS) is 26.1. The highest BCUT2D eigenvalue weighted by atomic mass is 35.6. The lowest BCUT2D eigenvalue weighted by Gasteiger charge is -2.28. The third-order valence-corrected chi connectivity index (χ3v) is 5.99. The quantitative estimate of drug-likeness (QED) is 0.510. The molecule has 0 N–H and O–H groups in total. The molecule has 0 heterocycles. The van der Waals surface area contributed by atoms with Crippen LogP contribution in [-0.2, 0) is 0 Å². The molecule has 2 saturated carbocycles. The molecule has 14 heavy (non-hydrogen) atoms. The van der Waals surface area contributed by atoms with Gasteiger partial charge in [0, 0.05) is 0 Å². The smallest absolute Gasteiger partial charge is 0.125 e. The molecule has 0 aromatic heterocycles. The van der Waals surface area contributed by atoms with Crippen LogP contribution in [0, 0.1) is 17.8 Å². The van der Waals surface area contributed by atoms with Crippen LogP contribution in [0.15, 0.2) is 0 Å². The highest BCUT2D eigenvalue weighted by Crippen LogP contribution is 2.43. The van der Waals surface area contributed by atoms with Crippen LogP contribution in [0.2, 0.25) is 6.04 Å². The first-order valence-corrected chi connectivity index (χ1v) is 9.61. The van der Waals surface area contributed by atoms with Crippen molar-refractivity contribution in [3.05, 3.63) is 0 Å². The van der Waals surface area contributed by atoms with E-state index in [1.54, 1.807) is 0 Å². The summed E-state index contributed by atoms with van der Waals surface area (Å²) in [6.07, 6.45) is 12.1. The van der Waals surface area contributed by atoms with Gasteiger partial charge in [0.2, 0.25) is 0 Å². The number of hydrogen-bond donors (Lipinski definition) is 0. The Bertz CT molecular complexity index is 144. The Hall–Kier alpha value is 0.507.